The van der Waals surface area contributed by atoms with Crippen molar-refractivity contribution in [1.82, 2.24) is 24.8 Å². The third-order valence-electron chi connectivity index (χ3n) is 16.1. The second kappa shape index (κ2) is 24.6. The summed E-state index contributed by atoms with van der Waals surface area (Å²) >= 11 is 6.32. The van der Waals surface area contributed by atoms with Gasteiger partial charge in [-0.15, -0.1) is 5.10 Å². The first-order chi connectivity index (χ1) is 34.6. The van der Waals surface area contributed by atoms with Crippen molar-refractivity contribution >= 4 is 29.4 Å². The molecule has 4 aliphatic heterocycles. The molecule has 0 spiro atoms. The van der Waals surface area contributed by atoms with E-state index in [0.717, 1.165) is 0 Å². The molecule has 4 saturated heterocycles. The predicted molar refractivity (Wildman–Crippen MR) is 272 cm³/mol. The second-order valence-corrected chi connectivity index (χ2v) is 22.7. The molecule has 5 N–H and O–H groups in total. The highest BCUT2D eigenvalue weighted by Gasteiger charge is 2.53. The monoisotopic (exact) mass is 1070 g/mol. The van der Waals surface area contributed by atoms with E-state index in [1.165, 1.54) is 26.0 Å². The number of esters is 1. The summed E-state index contributed by atoms with van der Waals surface area (Å²) in [6.45, 7) is 18.9. The summed E-state index contributed by atoms with van der Waals surface area (Å²) in [5.74, 6) is -2.36. The SMILES string of the molecule is CC[C@H]1OC(=O)[C@H](C)[C@@H](O[C@H]2C[C@@](C)(OC)[C@@H](O)[C@H](C)O2)[C@H](C)[C@@H](O[C@@H]2O[C@H](C)C[C@H](N(C)CCc3cn(C[C@H]4CN(c5ccc(OC)c(Cl)c5)C(=O)O4)nn3)[C@H]2O)[C@](C)(O)C[C@@H](C)CN(C)[C@H](C)[C@@H](O)[C@]1(C)O. The van der Waals surface area contributed by atoms with Gasteiger partial charge in [0.15, 0.2) is 12.6 Å². The van der Waals surface area contributed by atoms with Crippen LogP contribution in [-0.2, 0) is 50.9 Å². The van der Waals surface area contributed by atoms with E-state index in [0.29, 0.717) is 48.1 Å². The van der Waals surface area contributed by atoms with Gasteiger partial charge in [-0.05, 0) is 106 Å². The molecular weight excluding hydrogens is 984 g/mol. The molecule has 4 fully saturated rings. The highest BCUT2D eigenvalue weighted by Crippen LogP contribution is 2.41. The van der Waals surface area contributed by atoms with Crippen LogP contribution in [0.3, 0.4) is 0 Å². The first kappa shape index (κ1) is 59.9. The molecule has 4 aliphatic rings. The minimum atomic E-state index is -1.85. The van der Waals surface area contributed by atoms with Crippen molar-refractivity contribution in [2.45, 2.75) is 204 Å². The van der Waals surface area contributed by atoms with Gasteiger partial charge in [-0.1, -0.05) is 37.6 Å². The van der Waals surface area contributed by atoms with Crippen LogP contribution < -0.4 is 9.64 Å². The molecule has 0 radical (unpaired) electrons. The number of cyclic esters (lactones) is 2. The number of likely N-dealkylation sites (N-methyl/N-ethyl adjacent to an activating group) is 2. The topological polar surface area (TPSA) is 250 Å². The summed E-state index contributed by atoms with van der Waals surface area (Å²) in [5, 5.41) is 68.8. The van der Waals surface area contributed by atoms with E-state index < -0.39 is 120 Å². The Kier molecular flexibility index (Phi) is 19.9. The standard InChI is InChI=1S/C52H85ClN6O15/c1-15-40-52(10,66)44(61)32(6)57(12)24-28(2)22-50(8,65)46(30(4)43(31(5)47(63)72-40)73-41-23-51(9,68-14)45(62)33(7)70-41)74-48-42(60)38(20-29(3)69-48)56(11)19-18-34-25-58(55-54-34)26-36-27-59(49(64)71-36)35-16-17-39(67-13)37(53)21-35/h16-17,21,25,28-33,36,38,40-46,48,60-62,65-66H,15,18-20,22-24,26-27H2,1-14H3/t28-,29-,30+,31-,32-,33+,36+,38+,40-,41+,42-,43+,44-,45+,46-,48+,50-,51-,52-/m1/s1. The third kappa shape index (κ3) is 13.5. The molecule has 2 aromatic rings. The normalized spacial score (nSPS) is 40.4. The summed E-state index contributed by atoms with van der Waals surface area (Å²) in [4.78, 5) is 32.8. The third-order valence-corrected chi connectivity index (χ3v) is 16.4. The second-order valence-electron chi connectivity index (χ2n) is 22.3. The van der Waals surface area contributed by atoms with Gasteiger partial charge in [0.2, 0.25) is 0 Å². The number of halogens is 1. The lowest BCUT2D eigenvalue weighted by Crippen LogP contribution is -2.61. The molecule has 5 heterocycles. The van der Waals surface area contributed by atoms with Crippen LogP contribution in [0.4, 0.5) is 10.5 Å². The zero-order valence-corrected chi connectivity index (χ0v) is 46.5. The van der Waals surface area contributed by atoms with Gasteiger partial charge in [0.1, 0.15) is 41.9 Å². The van der Waals surface area contributed by atoms with Crippen LogP contribution in [0.1, 0.15) is 101 Å². The highest BCUT2D eigenvalue weighted by molar-refractivity contribution is 6.32. The van der Waals surface area contributed by atoms with Gasteiger partial charge in [0, 0.05) is 62.9 Å². The predicted octanol–water partition coefficient (Wildman–Crippen LogP) is 3.79. The van der Waals surface area contributed by atoms with Crippen LogP contribution in [0, 0.1) is 17.8 Å². The summed E-state index contributed by atoms with van der Waals surface area (Å²) in [7, 11) is 6.75. The number of hydrogen-bond donors (Lipinski definition) is 5. The molecule has 0 unspecified atom stereocenters. The maximum absolute atomic E-state index is 14.5. The van der Waals surface area contributed by atoms with Crippen LogP contribution in [0.2, 0.25) is 5.02 Å². The molecule has 1 aromatic heterocycles. The van der Waals surface area contributed by atoms with Gasteiger partial charge in [-0.2, -0.15) is 0 Å². The molecule has 22 heteroatoms. The number of aliphatic hydroxyl groups is 5. The summed E-state index contributed by atoms with van der Waals surface area (Å²) < 4.78 is 50.8. The van der Waals surface area contributed by atoms with Gasteiger partial charge < -0.3 is 73.2 Å². The lowest BCUT2D eigenvalue weighted by molar-refractivity contribution is -0.318. The number of hydrogen-bond acceptors (Lipinski definition) is 19. The Morgan fingerprint density at radius 2 is 1.65 bits per heavy atom. The number of benzene rings is 1. The van der Waals surface area contributed by atoms with Crippen LogP contribution in [0.5, 0.6) is 5.75 Å². The quantitative estimate of drug-likeness (QED) is 0.169. The van der Waals surface area contributed by atoms with Gasteiger partial charge in [0.25, 0.3) is 0 Å². The average molecular weight is 1070 g/mol. The number of aliphatic hydroxyl groups excluding tert-OH is 3. The number of rotatable bonds is 14. The Morgan fingerprint density at radius 1 is 0.946 bits per heavy atom. The smallest absolute Gasteiger partial charge is 0.414 e. The number of anilines is 1. The average Bonchev–Trinajstić information content (AvgIpc) is 3.96. The van der Waals surface area contributed by atoms with Crippen LogP contribution >= 0.6 is 11.6 Å². The van der Waals surface area contributed by atoms with Crippen molar-refractivity contribution in [3.63, 3.8) is 0 Å². The van der Waals surface area contributed by atoms with E-state index in [1.54, 1.807) is 77.5 Å². The molecule has 74 heavy (non-hydrogen) atoms. The van der Waals surface area contributed by atoms with Crippen LogP contribution in [-0.4, -0.2) is 207 Å². The fourth-order valence-corrected chi connectivity index (χ4v) is 11.8. The number of carbonyl (C=O) groups excluding carboxylic acids is 2. The Balaban J connectivity index is 1.22. The Hall–Kier alpha value is -3.29. The molecule has 0 bridgehead atoms. The zero-order chi connectivity index (χ0) is 54.8. The fraction of sp³-hybridized carbons (Fsp3) is 0.808. The maximum atomic E-state index is 14.5. The van der Waals surface area contributed by atoms with Crippen molar-refractivity contribution in [2.75, 3.05) is 52.8 Å². The van der Waals surface area contributed by atoms with Crippen LogP contribution in [0.25, 0.3) is 0 Å². The Morgan fingerprint density at radius 3 is 2.30 bits per heavy atom. The van der Waals surface area contributed by atoms with Crippen molar-refractivity contribution in [3.05, 3.63) is 35.1 Å². The lowest BCUT2D eigenvalue weighted by Gasteiger charge is -2.49. The maximum Gasteiger partial charge on any atom is 0.414 e. The molecule has 0 aliphatic carbocycles. The summed E-state index contributed by atoms with van der Waals surface area (Å²) in [5.41, 5.74) is -3.30. The van der Waals surface area contributed by atoms with Crippen LogP contribution in [0.15, 0.2) is 24.4 Å². The van der Waals surface area contributed by atoms with Crippen molar-refractivity contribution in [3.8, 4) is 5.75 Å². The number of ether oxygens (including phenoxy) is 8. The van der Waals surface area contributed by atoms with E-state index in [-0.39, 0.29) is 38.3 Å². The van der Waals surface area contributed by atoms with Crippen molar-refractivity contribution in [2.24, 2.45) is 17.8 Å². The molecule has 1 amide bonds. The number of nitrogens with zero attached hydrogens (tertiary/aromatic N) is 6. The van der Waals surface area contributed by atoms with Gasteiger partial charge in [-0.25, -0.2) is 9.48 Å². The summed E-state index contributed by atoms with van der Waals surface area (Å²) in [6.07, 6.45) is -8.06. The number of amides is 1. The van der Waals surface area contributed by atoms with E-state index in [9.17, 15) is 35.1 Å². The molecule has 21 nitrogen and oxygen atoms in total. The van der Waals surface area contributed by atoms with E-state index in [1.807, 2.05) is 37.7 Å². The first-order valence-electron chi connectivity index (χ1n) is 26.1. The van der Waals surface area contributed by atoms with E-state index in [4.69, 9.17) is 49.5 Å². The van der Waals surface area contributed by atoms with E-state index in [2.05, 4.69) is 10.3 Å². The van der Waals surface area contributed by atoms with Crippen molar-refractivity contribution in [1.29, 1.82) is 0 Å². The largest absolute Gasteiger partial charge is 0.495 e. The molecule has 19 atom stereocenters. The first-order valence-corrected chi connectivity index (χ1v) is 26.5. The van der Waals surface area contributed by atoms with Crippen molar-refractivity contribution < 1.29 is 73.0 Å². The van der Waals surface area contributed by atoms with Gasteiger partial charge in [0.05, 0.1) is 72.5 Å². The fourth-order valence-electron chi connectivity index (χ4n) is 11.5. The lowest BCUT2D eigenvalue weighted by atomic mass is 9.77. The minimum Gasteiger partial charge on any atom is -0.495 e. The Labute approximate surface area is 441 Å². The molecule has 1 aromatic carbocycles. The molecule has 420 valence electrons. The van der Waals surface area contributed by atoms with E-state index >= 15 is 0 Å². The number of aromatic nitrogens is 3. The van der Waals surface area contributed by atoms with Gasteiger partial charge in [-0.3, -0.25) is 9.69 Å². The molecule has 0 saturated carbocycles. The number of carbonyl (C=O) groups is 2. The number of methoxy groups -OCH3 is 2. The minimum absolute atomic E-state index is 0.0874. The molecule has 6 rings (SSSR count). The highest BCUT2D eigenvalue weighted by atomic mass is 35.5. The molecular formula is C52H85ClN6O15. The van der Waals surface area contributed by atoms with Gasteiger partial charge >= 0.3 is 12.1 Å². The Bertz CT molecular complexity index is 2170. The summed E-state index contributed by atoms with van der Waals surface area (Å²) in [6, 6.07) is 4.04. The zero-order valence-electron chi connectivity index (χ0n) is 45.8.